The Hall–Kier alpha value is -1.84. The third-order valence-electron chi connectivity index (χ3n) is 4.65. The van der Waals surface area contributed by atoms with E-state index in [-0.39, 0.29) is 29.8 Å². The van der Waals surface area contributed by atoms with E-state index in [1.54, 1.807) is 4.90 Å². The van der Waals surface area contributed by atoms with Crippen molar-refractivity contribution in [1.29, 1.82) is 0 Å². The molecule has 2 rings (SSSR count). The molecule has 24 heavy (non-hydrogen) atoms. The quantitative estimate of drug-likeness (QED) is 0.913. The number of benzene rings is 1. The molecule has 2 amide bonds. The molecule has 1 aliphatic carbocycles. The summed E-state index contributed by atoms with van der Waals surface area (Å²) in [6.45, 7) is 7.96. The zero-order valence-electron chi connectivity index (χ0n) is 15.4. The predicted molar refractivity (Wildman–Crippen MR) is 98.2 cm³/mol. The minimum atomic E-state index is -0.106. The number of carbonyl (C=O) groups is 2. The van der Waals surface area contributed by atoms with Gasteiger partial charge in [-0.1, -0.05) is 58.2 Å². The lowest BCUT2D eigenvalue weighted by Crippen LogP contribution is -2.44. The zero-order valence-corrected chi connectivity index (χ0v) is 15.4. The second-order valence-corrected chi connectivity index (χ2v) is 7.77. The molecule has 4 heteroatoms. The van der Waals surface area contributed by atoms with Crippen LogP contribution in [0.5, 0.6) is 0 Å². The Labute approximate surface area is 145 Å². The van der Waals surface area contributed by atoms with Crippen molar-refractivity contribution in [2.45, 2.75) is 71.3 Å². The Morgan fingerprint density at radius 3 is 2.33 bits per heavy atom. The van der Waals surface area contributed by atoms with E-state index >= 15 is 0 Å². The number of hydrogen-bond donors (Lipinski definition) is 1. The average molecular weight is 330 g/mol. The van der Waals surface area contributed by atoms with Crippen LogP contribution in [-0.4, -0.2) is 24.4 Å². The minimum absolute atomic E-state index is 0.0687. The summed E-state index contributed by atoms with van der Waals surface area (Å²) in [4.78, 5) is 26.2. The second kappa shape index (κ2) is 7.82. The van der Waals surface area contributed by atoms with Crippen LogP contribution >= 0.6 is 0 Å². The highest BCUT2D eigenvalue weighted by Gasteiger charge is 2.25. The third-order valence-corrected chi connectivity index (χ3v) is 4.65. The Morgan fingerprint density at radius 2 is 1.75 bits per heavy atom. The fourth-order valence-electron chi connectivity index (χ4n) is 3.37. The molecule has 1 aliphatic rings. The first-order chi connectivity index (χ1) is 11.3. The first-order valence-electron chi connectivity index (χ1n) is 8.96. The lowest BCUT2D eigenvalue weighted by atomic mass is 9.85. The van der Waals surface area contributed by atoms with E-state index in [4.69, 9.17) is 0 Å². The van der Waals surface area contributed by atoms with Gasteiger partial charge in [0.2, 0.25) is 11.8 Å². The molecular weight excluding hydrogens is 300 g/mol. The zero-order chi connectivity index (χ0) is 17.7. The van der Waals surface area contributed by atoms with Crippen LogP contribution in [0, 0.1) is 0 Å². The van der Waals surface area contributed by atoms with E-state index in [9.17, 15) is 9.59 Å². The molecule has 0 spiro atoms. The van der Waals surface area contributed by atoms with Gasteiger partial charge >= 0.3 is 0 Å². The molecule has 1 aromatic carbocycles. The lowest BCUT2D eigenvalue weighted by molar-refractivity contribution is -0.123. The summed E-state index contributed by atoms with van der Waals surface area (Å²) in [6.07, 6.45) is 5.70. The molecule has 0 aromatic heterocycles. The number of amides is 2. The van der Waals surface area contributed by atoms with Crippen LogP contribution in [-0.2, 0) is 15.0 Å². The molecule has 0 radical (unpaired) electrons. The standard InChI is InChI=1S/C20H30N2O2/c1-15(23)22(14-19(24)21-16-10-6-5-7-11-16)18-13-9-8-12-17(18)20(2,3)4/h8-9,12-13,16H,5-7,10-11,14H2,1-4H3,(H,21,24). The topological polar surface area (TPSA) is 49.4 Å². The number of nitrogens with one attached hydrogen (secondary N) is 1. The molecule has 0 atom stereocenters. The van der Waals surface area contributed by atoms with Crippen molar-refractivity contribution in [3.05, 3.63) is 29.8 Å². The second-order valence-electron chi connectivity index (χ2n) is 7.77. The summed E-state index contributed by atoms with van der Waals surface area (Å²) in [7, 11) is 0. The smallest absolute Gasteiger partial charge is 0.240 e. The lowest BCUT2D eigenvalue weighted by Gasteiger charge is -2.30. The van der Waals surface area contributed by atoms with Gasteiger partial charge in [0.1, 0.15) is 6.54 Å². The van der Waals surface area contributed by atoms with Gasteiger partial charge in [-0.05, 0) is 29.9 Å². The van der Waals surface area contributed by atoms with E-state index in [0.29, 0.717) is 0 Å². The summed E-state index contributed by atoms with van der Waals surface area (Å²) >= 11 is 0. The van der Waals surface area contributed by atoms with Gasteiger partial charge in [0.05, 0.1) is 0 Å². The normalized spacial score (nSPS) is 15.8. The van der Waals surface area contributed by atoms with Gasteiger partial charge in [-0.2, -0.15) is 0 Å². The molecule has 0 unspecified atom stereocenters. The molecule has 1 aromatic rings. The molecule has 1 saturated carbocycles. The maximum Gasteiger partial charge on any atom is 0.240 e. The van der Waals surface area contributed by atoms with Crippen LogP contribution in [0.15, 0.2) is 24.3 Å². The van der Waals surface area contributed by atoms with E-state index < -0.39 is 0 Å². The number of carbonyl (C=O) groups excluding carboxylic acids is 2. The Morgan fingerprint density at radius 1 is 1.12 bits per heavy atom. The van der Waals surface area contributed by atoms with E-state index in [0.717, 1.165) is 24.1 Å². The van der Waals surface area contributed by atoms with Gasteiger partial charge in [-0.25, -0.2) is 0 Å². The highest BCUT2D eigenvalue weighted by Crippen LogP contribution is 2.32. The van der Waals surface area contributed by atoms with Crippen molar-refractivity contribution >= 4 is 17.5 Å². The van der Waals surface area contributed by atoms with Gasteiger partial charge < -0.3 is 10.2 Å². The molecule has 0 saturated heterocycles. The van der Waals surface area contributed by atoms with Crippen LogP contribution in [0.1, 0.15) is 65.4 Å². The minimum Gasteiger partial charge on any atom is -0.352 e. The molecule has 0 bridgehead atoms. The van der Waals surface area contributed by atoms with Crippen LogP contribution < -0.4 is 10.2 Å². The third kappa shape index (κ3) is 4.83. The molecular formula is C20H30N2O2. The highest BCUT2D eigenvalue weighted by atomic mass is 16.2. The Bertz CT molecular complexity index is 584. The van der Waals surface area contributed by atoms with E-state index in [1.165, 1.54) is 26.2 Å². The van der Waals surface area contributed by atoms with Crippen molar-refractivity contribution in [2.24, 2.45) is 0 Å². The fourth-order valence-corrected chi connectivity index (χ4v) is 3.37. The van der Waals surface area contributed by atoms with Crippen molar-refractivity contribution in [2.75, 3.05) is 11.4 Å². The summed E-state index contributed by atoms with van der Waals surface area (Å²) in [5.41, 5.74) is 1.81. The van der Waals surface area contributed by atoms with Crippen LogP contribution in [0.3, 0.4) is 0 Å². The molecule has 0 aliphatic heterocycles. The van der Waals surface area contributed by atoms with Gasteiger partial charge in [0.15, 0.2) is 0 Å². The largest absolute Gasteiger partial charge is 0.352 e. The SMILES string of the molecule is CC(=O)N(CC(=O)NC1CCCCC1)c1ccccc1C(C)(C)C. The Balaban J connectivity index is 2.15. The van der Waals surface area contributed by atoms with Crippen molar-refractivity contribution in [1.82, 2.24) is 5.32 Å². The first kappa shape index (κ1) is 18.5. The first-order valence-corrected chi connectivity index (χ1v) is 8.96. The van der Waals surface area contributed by atoms with Gasteiger partial charge in [-0.15, -0.1) is 0 Å². The van der Waals surface area contributed by atoms with E-state index in [1.807, 2.05) is 24.3 Å². The van der Waals surface area contributed by atoms with Crippen molar-refractivity contribution < 1.29 is 9.59 Å². The summed E-state index contributed by atoms with van der Waals surface area (Å²) in [5, 5.41) is 3.10. The fraction of sp³-hybridized carbons (Fsp3) is 0.600. The molecule has 0 heterocycles. The number of nitrogens with zero attached hydrogens (tertiary/aromatic N) is 1. The van der Waals surface area contributed by atoms with E-state index in [2.05, 4.69) is 26.1 Å². The number of hydrogen-bond acceptors (Lipinski definition) is 2. The highest BCUT2D eigenvalue weighted by molar-refractivity contribution is 5.98. The van der Waals surface area contributed by atoms with Crippen molar-refractivity contribution in [3.8, 4) is 0 Å². The number of para-hydroxylation sites is 1. The van der Waals surface area contributed by atoms with Crippen LogP contribution in [0.2, 0.25) is 0 Å². The predicted octanol–water partition coefficient (Wildman–Crippen LogP) is 3.79. The average Bonchev–Trinajstić information content (AvgIpc) is 2.52. The van der Waals surface area contributed by atoms with Crippen molar-refractivity contribution in [3.63, 3.8) is 0 Å². The van der Waals surface area contributed by atoms with Gasteiger partial charge in [0, 0.05) is 18.7 Å². The summed E-state index contributed by atoms with van der Waals surface area (Å²) in [6, 6.07) is 8.11. The maximum absolute atomic E-state index is 12.5. The van der Waals surface area contributed by atoms with Gasteiger partial charge in [-0.3, -0.25) is 9.59 Å². The summed E-state index contributed by atoms with van der Waals surface area (Å²) < 4.78 is 0. The molecule has 1 N–H and O–H groups in total. The molecule has 1 fully saturated rings. The summed E-state index contributed by atoms with van der Waals surface area (Å²) in [5.74, 6) is -0.175. The van der Waals surface area contributed by atoms with Crippen LogP contribution in [0.25, 0.3) is 0 Å². The van der Waals surface area contributed by atoms with Gasteiger partial charge in [0.25, 0.3) is 0 Å². The van der Waals surface area contributed by atoms with Crippen LogP contribution in [0.4, 0.5) is 5.69 Å². The number of rotatable bonds is 4. The number of anilines is 1. The molecule has 4 nitrogen and oxygen atoms in total. The maximum atomic E-state index is 12.5. The molecule has 132 valence electrons. The Kier molecular flexibility index (Phi) is 6.03. The monoisotopic (exact) mass is 330 g/mol.